The number of aliphatic hydroxyl groups is 1. The normalized spacial score (nSPS) is 21.0. The third-order valence-electron chi connectivity index (χ3n) is 4.48. The lowest BCUT2D eigenvalue weighted by molar-refractivity contribution is -0.129. The number of hydrogen-bond acceptors (Lipinski definition) is 5. The molecule has 6 nitrogen and oxygen atoms in total. The Morgan fingerprint density at radius 1 is 1.17 bits per heavy atom. The second-order valence-corrected chi connectivity index (χ2v) is 6.22. The molecule has 1 aromatic heterocycles. The van der Waals surface area contributed by atoms with E-state index >= 15 is 0 Å². The third-order valence-corrected chi connectivity index (χ3v) is 4.48. The molecule has 0 bridgehead atoms. The Hall–Kier alpha value is -1.73. The van der Waals surface area contributed by atoms with Gasteiger partial charge in [-0.3, -0.25) is 9.69 Å². The van der Waals surface area contributed by atoms with Gasteiger partial charge in [0.05, 0.1) is 12.3 Å². The number of amides is 1. The van der Waals surface area contributed by atoms with Gasteiger partial charge in [0.15, 0.2) is 0 Å². The maximum absolute atomic E-state index is 12.9. The SMILES string of the molecule is O=C1CCCN1CC(O)CN1CCN(c2ccc(F)cn2)CC1. The van der Waals surface area contributed by atoms with Gasteiger partial charge in [0.2, 0.25) is 5.91 Å². The molecule has 0 spiro atoms. The van der Waals surface area contributed by atoms with Crippen molar-refractivity contribution in [2.45, 2.75) is 18.9 Å². The minimum Gasteiger partial charge on any atom is -0.390 e. The Morgan fingerprint density at radius 2 is 1.96 bits per heavy atom. The number of aliphatic hydroxyl groups excluding tert-OH is 1. The summed E-state index contributed by atoms with van der Waals surface area (Å²) in [5.41, 5.74) is 0. The van der Waals surface area contributed by atoms with Crippen molar-refractivity contribution in [3.63, 3.8) is 0 Å². The van der Waals surface area contributed by atoms with Crippen molar-refractivity contribution in [1.82, 2.24) is 14.8 Å². The molecule has 2 saturated heterocycles. The summed E-state index contributed by atoms with van der Waals surface area (Å²) in [5, 5.41) is 10.2. The van der Waals surface area contributed by atoms with E-state index in [0.29, 0.717) is 19.5 Å². The number of anilines is 1. The number of carbonyl (C=O) groups is 1. The highest BCUT2D eigenvalue weighted by atomic mass is 19.1. The Morgan fingerprint density at radius 3 is 2.57 bits per heavy atom. The van der Waals surface area contributed by atoms with E-state index in [1.165, 1.54) is 12.3 Å². The van der Waals surface area contributed by atoms with Crippen molar-refractivity contribution in [3.8, 4) is 0 Å². The predicted molar refractivity (Wildman–Crippen MR) is 84.7 cm³/mol. The summed E-state index contributed by atoms with van der Waals surface area (Å²) in [6.45, 7) is 5.02. The highest BCUT2D eigenvalue weighted by Crippen LogP contribution is 2.14. The first-order valence-corrected chi connectivity index (χ1v) is 8.16. The lowest BCUT2D eigenvalue weighted by atomic mass is 10.2. The van der Waals surface area contributed by atoms with Crippen LogP contribution in [0.5, 0.6) is 0 Å². The first kappa shape index (κ1) is 16.1. The molecule has 0 saturated carbocycles. The first-order valence-electron chi connectivity index (χ1n) is 8.16. The van der Waals surface area contributed by atoms with E-state index in [1.54, 1.807) is 11.0 Å². The number of carbonyl (C=O) groups excluding carboxylic acids is 1. The molecule has 0 radical (unpaired) electrons. The van der Waals surface area contributed by atoms with E-state index in [9.17, 15) is 14.3 Å². The van der Waals surface area contributed by atoms with Crippen LogP contribution in [0, 0.1) is 5.82 Å². The molecule has 2 aliphatic heterocycles. The molecule has 1 atom stereocenters. The Labute approximate surface area is 135 Å². The monoisotopic (exact) mass is 322 g/mol. The first-order chi connectivity index (χ1) is 11.1. The minimum absolute atomic E-state index is 0.149. The molecular formula is C16H23FN4O2. The minimum atomic E-state index is -0.507. The van der Waals surface area contributed by atoms with Gasteiger partial charge in [0.1, 0.15) is 11.6 Å². The predicted octanol–water partition coefficient (Wildman–Crippen LogP) is 0.326. The van der Waals surface area contributed by atoms with Gasteiger partial charge in [-0.1, -0.05) is 0 Å². The van der Waals surface area contributed by atoms with E-state index in [4.69, 9.17) is 0 Å². The molecule has 3 rings (SSSR count). The average molecular weight is 322 g/mol. The van der Waals surface area contributed by atoms with Crippen molar-refractivity contribution in [3.05, 3.63) is 24.1 Å². The summed E-state index contributed by atoms with van der Waals surface area (Å²) in [7, 11) is 0. The Kier molecular flexibility index (Phi) is 5.07. The summed E-state index contributed by atoms with van der Waals surface area (Å²) < 4.78 is 12.9. The smallest absolute Gasteiger partial charge is 0.222 e. The second kappa shape index (κ2) is 7.23. The maximum atomic E-state index is 12.9. The summed E-state index contributed by atoms with van der Waals surface area (Å²) in [4.78, 5) is 21.8. The van der Waals surface area contributed by atoms with Crippen LogP contribution in [0.3, 0.4) is 0 Å². The fourth-order valence-electron chi connectivity index (χ4n) is 3.22. The fourth-order valence-corrected chi connectivity index (χ4v) is 3.22. The standard InChI is InChI=1S/C16H23FN4O2/c17-13-3-4-15(18-10-13)20-8-6-19(7-9-20)11-14(22)12-21-5-1-2-16(21)23/h3-4,10,14,22H,1-2,5-9,11-12H2. The number of nitrogens with zero attached hydrogens (tertiary/aromatic N) is 4. The molecule has 126 valence electrons. The van der Waals surface area contributed by atoms with Crippen LogP contribution in [0.2, 0.25) is 0 Å². The number of rotatable bonds is 5. The van der Waals surface area contributed by atoms with Gasteiger partial charge in [0.25, 0.3) is 0 Å². The van der Waals surface area contributed by atoms with Gasteiger partial charge in [-0.15, -0.1) is 0 Å². The van der Waals surface area contributed by atoms with Gasteiger partial charge in [-0.05, 0) is 18.6 Å². The van der Waals surface area contributed by atoms with Crippen molar-refractivity contribution < 1.29 is 14.3 Å². The molecule has 3 heterocycles. The number of pyridine rings is 1. The molecule has 0 aromatic carbocycles. The van der Waals surface area contributed by atoms with E-state index in [-0.39, 0.29) is 11.7 Å². The van der Waals surface area contributed by atoms with Crippen LogP contribution in [-0.4, -0.2) is 77.7 Å². The van der Waals surface area contributed by atoms with Crippen molar-refractivity contribution >= 4 is 11.7 Å². The second-order valence-electron chi connectivity index (χ2n) is 6.22. The van der Waals surface area contributed by atoms with E-state index < -0.39 is 6.10 Å². The van der Waals surface area contributed by atoms with Crippen molar-refractivity contribution in [2.24, 2.45) is 0 Å². The van der Waals surface area contributed by atoms with E-state index in [2.05, 4.69) is 14.8 Å². The molecule has 23 heavy (non-hydrogen) atoms. The highest BCUT2D eigenvalue weighted by Gasteiger charge is 2.25. The molecule has 1 unspecified atom stereocenters. The number of β-amino-alcohol motifs (C(OH)–C–C–N with tert-alkyl or cyclic N) is 1. The zero-order valence-electron chi connectivity index (χ0n) is 13.2. The number of hydrogen-bond donors (Lipinski definition) is 1. The van der Waals surface area contributed by atoms with E-state index in [0.717, 1.165) is 45.0 Å². The topological polar surface area (TPSA) is 59.9 Å². The number of halogens is 1. The zero-order chi connectivity index (χ0) is 16.2. The van der Waals surface area contributed by atoms with Crippen LogP contribution < -0.4 is 4.90 Å². The lowest BCUT2D eigenvalue weighted by Gasteiger charge is -2.36. The van der Waals surface area contributed by atoms with Gasteiger partial charge >= 0.3 is 0 Å². The number of piperazine rings is 1. The average Bonchev–Trinajstić information content (AvgIpc) is 2.94. The Bertz CT molecular complexity index is 531. The highest BCUT2D eigenvalue weighted by molar-refractivity contribution is 5.78. The fraction of sp³-hybridized carbons (Fsp3) is 0.625. The molecule has 1 N–H and O–H groups in total. The van der Waals surface area contributed by atoms with Gasteiger partial charge in [0, 0.05) is 52.2 Å². The zero-order valence-corrected chi connectivity index (χ0v) is 13.2. The van der Waals surface area contributed by atoms with Crippen LogP contribution in [-0.2, 0) is 4.79 Å². The number of likely N-dealkylation sites (tertiary alicyclic amines) is 1. The molecule has 1 aromatic rings. The summed E-state index contributed by atoms with van der Waals surface area (Å²) in [5.74, 6) is 0.609. The summed E-state index contributed by atoms with van der Waals surface area (Å²) >= 11 is 0. The van der Waals surface area contributed by atoms with Crippen LogP contribution in [0.4, 0.5) is 10.2 Å². The summed E-state index contributed by atoms with van der Waals surface area (Å²) in [6, 6.07) is 3.12. The summed E-state index contributed by atoms with van der Waals surface area (Å²) in [6.07, 6.45) is 2.23. The van der Waals surface area contributed by atoms with Gasteiger partial charge in [-0.25, -0.2) is 9.37 Å². The quantitative estimate of drug-likeness (QED) is 0.846. The van der Waals surface area contributed by atoms with Crippen molar-refractivity contribution in [2.75, 3.05) is 50.7 Å². The molecular weight excluding hydrogens is 299 g/mol. The molecule has 1 amide bonds. The molecule has 2 fully saturated rings. The molecule has 0 aliphatic carbocycles. The van der Waals surface area contributed by atoms with Crippen LogP contribution in [0.25, 0.3) is 0 Å². The van der Waals surface area contributed by atoms with E-state index in [1.807, 2.05) is 0 Å². The molecule has 7 heteroatoms. The third kappa shape index (κ3) is 4.17. The largest absolute Gasteiger partial charge is 0.390 e. The van der Waals surface area contributed by atoms with Crippen LogP contribution in [0.15, 0.2) is 18.3 Å². The van der Waals surface area contributed by atoms with Gasteiger partial charge < -0.3 is 14.9 Å². The Balaban J connectivity index is 1.43. The number of aromatic nitrogens is 1. The maximum Gasteiger partial charge on any atom is 0.222 e. The molecule has 2 aliphatic rings. The van der Waals surface area contributed by atoms with Crippen molar-refractivity contribution in [1.29, 1.82) is 0 Å². The lowest BCUT2D eigenvalue weighted by Crippen LogP contribution is -2.50. The van der Waals surface area contributed by atoms with Crippen LogP contribution in [0.1, 0.15) is 12.8 Å². The van der Waals surface area contributed by atoms with Gasteiger partial charge in [-0.2, -0.15) is 0 Å². The van der Waals surface area contributed by atoms with Crippen LogP contribution >= 0.6 is 0 Å².